The number of benzene rings is 1. The molecule has 1 aromatic carbocycles. The Bertz CT molecular complexity index is 618. The Hall–Kier alpha value is -2.47. The van der Waals surface area contributed by atoms with Crippen LogP contribution in [0.5, 0.6) is 11.5 Å². The minimum Gasteiger partial charge on any atom is -0.494 e. The summed E-state index contributed by atoms with van der Waals surface area (Å²) >= 11 is 0. The maximum absolute atomic E-state index is 11.8. The molecule has 2 rings (SSSR count). The number of pyridine rings is 1. The Morgan fingerprint density at radius 1 is 1.12 bits per heavy atom. The molecule has 0 unspecified atom stereocenters. The monoisotopic (exact) mass is 351 g/mol. The highest BCUT2D eigenvalue weighted by Gasteiger charge is 2.03. The fraction of sp³-hybridized carbons (Fsp3) is 0.294. The molecule has 1 aromatic heterocycles. The van der Waals surface area contributed by atoms with Crippen molar-refractivity contribution in [1.82, 2.24) is 4.98 Å². The van der Waals surface area contributed by atoms with E-state index in [2.05, 4.69) is 10.3 Å². The van der Waals surface area contributed by atoms with Crippen molar-refractivity contribution < 1.29 is 14.3 Å². The average molecular weight is 352 g/mol. The van der Waals surface area contributed by atoms with Gasteiger partial charge in [0.05, 0.1) is 25.1 Å². The molecular weight excluding hydrogens is 330 g/mol. The van der Waals surface area contributed by atoms with Gasteiger partial charge in [0, 0.05) is 6.42 Å². The van der Waals surface area contributed by atoms with E-state index in [1.807, 2.05) is 31.2 Å². The summed E-state index contributed by atoms with van der Waals surface area (Å²) in [4.78, 5) is 15.7. The quantitative estimate of drug-likeness (QED) is 0.713. The van der Waals surface area contributed by atoms with Gasteiger partial charge in [0.1, 0.15) is 17.3 Å². The van der Waals surface area contributed by atoms with Crippen molar-refractivity contribution in [3.8, 4) is 11.5 Å². The van der Waals surface area contributed by atoms with E-state index in [9.17, 15) is 4.79 Å². The lowest BCUT2D eigenvalue weighted by molar-refractivity contribution is -0.116. The number of carbonyl (C=O) groups is 1. The number of carbonyl (C=O) groups excluding carboxylic acids is 1. The molecule has 6 nitrogen and oxygen atoms in total. The van der Waals surface area contributed by atoms with Crippen molar-refractivity contribution in [2.24, 2.45) is 0 Å². The first-order valence-corrected chi connectivity index (χ1v) is 7.54. The molecule has 1 amide bonds. The van der Waals surface area contributed by atoms with Crippen LogP contribution in [-0.2, 0) is 4.79 Å². The van der Waals surface area contributed by atoms with Gasteiger partial charge in [-0.2, -0.15) is 0 Å². The lowest BCUT2D eigenvalue weighted by Gasteiger charge is -2.08. The van der Waals surface area contributed by atoms with Crippen molar-refractivity contribution in [3.63, 3.8) is 0 Å². The number of nitrogens with one attached hydrogen (secondary N) is 1. The van der Waals surface area contributed by atoms with Crippen LogP contribution in [0.2, 0.25) is 0 Å². The number of nitrogen functional groups attached to an aromatic ring is 1. The summed E-state index contributed by atoms with van der Waals surface area (Å²) in [5.41, 5.74) is 6.12. The van der Waals surface area contributed by atoms with E-state index in [1.165, 1.54) is 6.20 Å². The van der Waals surface area contributed by atoms with Gasteiger partial charge >= 0.3 is 0 Å². The predicted octanol–water partition coefficient (Wildman–Crippen LogP) is 3.28. The van der Waals surface area contributed by atoms with E-state index in [0.29, 0.717) is 37.6 Å². The Balaban J connectivity index is 0.00000288. The average Bonchev–Trinajstić information content (AvgIpc) is 2.55. The normalized spacial score (nSPS) is 9.71. The van der Waals surface area contributed by atoms with Gasteiger partial charge in [-0.25, -0.2) is 4.98 Å². The second-order valence-corrected chi connectivity index (χ2v) is 4.88. The van der Waals surface area contributed by atoms with E-state index in [4.69, 9.17) is 15.2 Å². The molecule has 130 valence electrons. The van der Waals surface area contributed by atoms with E-state index in [0.717, 1.165) is 11.5 Å². The van der Waals surface area contributed by atoms with Crippen molar-refractivity contribution in [1.29, 1.82) is 0 Å². The van der Waals surface area contributed by atoms with Gasteiger partial charge in [0.2, 0.25) is 5.91 Å². The number of amides is 1. The second-order valence-electron chi connectivity index (χ2n) is 4.88. The molecule has 0 atom stereocenters. The summed E-state index contributed by atoms with van der Waals surface area (Å²) in [5, 5.41) is 2.76. The summed E-state index contributed by atoms with van der Waals surface area (Å²) in [5.74, 6) is 1.92. The first kappa shape index (κ1) is 19.6. The van der Waals surface area contributed by atoms with Crippen LogP contribution in [0.3, 0.4) is 0 Å². The Labute approximate surface area is 147 Å². The van der Waals surface area contributed by atoms with Gasteiger partial charge in [-0.05, 0) is 49.7 Å². The van der Waals surface area contributed by atoms with Gasteiger partial charge in [-0.1, -0.05) is 0 Å². The standard InChI is InChI=1S/C17H21N3O3.ClH/c1-2-22-14-6-8-15(9-7-14)23-11-3-4-17(21)20-13-5-10-16(18)19-12-13;/h5-10,12H,2-4,11H2,1H3,(H2,18,19)(H,20,21);1H. The molecule has 0 saturated carbocycles. The lowest BCUT2D eigenvalue weighted by atomic mass is 10.3. The van der Waals surface area contributed by atoms with Crippen molar-refractivity contribution >= 4 is 29.8 Å². The van der Waals surface area contributed by atoms with Gasteiger partial charge in [0.15, 0.2) is 0 Å². The van der Waals surface area contributed by atoms with Gasteiger partial charge in [-0.15, -0.1) is 12.4 Å². The third-order valence-corrected chi connectivity index (χ3v) is 3.02. The van der Waals surface area contributed by atoms with Gasteiger partial charge in [0.25, 0.3) is 0 Å². The van der Waals surface area contributed by atoms with Crippen LogP contribution in [0, 0.1) is 0 Å². The van der Waals surface area contributed by atoms with Crippen LogP contribution in [0.25, 0.3) is 0 Å². The highest BCUT2D eigenvalue weighted by molar-refractivity contribution is 5.90. The number of nitrogens with two attached hydrogens (primary N) is 1. The number of rotatable bonds is 8. The third kappa shape index (κ3) is 6.75. The molecular formula is C17H22ClN3O3. The predicted molar refractivity (Wildman–Crippen MR) is 96.9 cm³/mol. The minimum atomic E-state index is -0.0770. The van der Waals surface area contributed by atoms with E-state index >= 15 is 0 Å². The molecule has 2 aromatic rings. The maximum Gasteiger partial charge on any atom is 0.224 e. The molecule has 0 fully saturated rings. The number of halogens is 1. The highest BCUT2D eigenvalue weighted by Crippen LogP contribution is 2.17. The lowest BCUT2D eigenvalue weighted by Crippen LogP contribution is -2.13. The smallest absolute Gasteiger partial charge is 0.224 e. The summed E-state index contributed by atoms with van der Waals surface area (Å²) in [6, 6.07) is 10.8. The SMILES string of the molecule is CCOc1ccc(OCCCC(=O)Nc2ccc(N)nc2)cc1.Cl. The minimum absolute atomic E-state index is 0. The van der Waals surface area contributed by atoms with Crippen LogP contribution in [0.15, 0.2) is 42.6 Å². The summed E-state index contributed by atoms with van der Waals surface area (Å²) in [6.45, 7) is 3.05. The zero-order chi connectivity index (χ0) is 16.5. The van der Waals surface area contributed by atoms with Crippen molar-refractivity contribution in [2.45, 2.75) is 19.8 Å². The Kier molecular flexibility index (Phi) is 8.43. The zero-order valence-electron chi connectivity index (χ0n) is 13.5. The van der Waals surface area contributed by atoms with Crippen molar-refractivity contribution in [3.05, 3.63) is 42.6 Å². The molecule has 3 N–H and O–H groups in total. The van der Waals surface area contributed by atoms with Gasteiger partial charge < -0.3 is 20.5 Å². The molecule has 0 aliphatic carbocycles. The molecule has 0 aliphatic rings. The number of anilines is 2. The molecule has 1 heterocycles. The maximum atomic E-state index is 11.8. The van der Waals surface area contributed by atoms with Crippen LogP contribution in [0.4, 0.5) is 11.5 Å². The fourth-order valence-corrected chi connectivity index (χ4v) is 1.92. The number of ether oxygens (including phenoxy) is 2. The molecule has 0 bridgehead atoms. The Morgan fingerprint density at radius 3 is 2.38 bits per heavy atom. The van der Waals surface area contributed by atoms with Crippen molar-refractivity contribution in [2.75, 3.05) is 24.3 Å². The zero-order valence-corrected chi connectivity index (χ0v) is 14.3. The second kappa shape index (κ2) is 10.3. The summed E-state index contributed by atoms with van der Waals surface area (Å²) in [6.07, 6.45) is 2.53. The number of hydrogen-bond donors (Lipinski definition) is 2. The first-order chi connectivity index (χ1) is 11.2. The van der Waals surface area contributed by atoms with E-state index in [-0.39, 0.29) is 18.3 Å². The van der Waals surface area contributed by atoms with Crippen LogP contribution >= 0.6 is 12.4 Å². The number of nitrogens with zero attached hydrogens (tertiary/aromatic N) is 1. The van der Waals surface area contributed by atoms with Gasteiger partial charge in [-0.3, -0.25) is 4.79 Å². The van der Waals surface area contributed by atoms with Crippen LogP contribution < -0.4 is 20.5 Å². The molecule has 0 radical (unpaired) electrons. The number of aromatic nitrogens is 1. The van der Waals surface area contributed by atoms with Crippen LogP contribution in [0.1, 0.15) is 19.8 Å². The third-order valence-electron chi connectivity index (χ3n) is 3.02. The molecule has 0 aliphatic heterocycles. The highest BCUT2D eigenvalue weighted by atomic mass is 35.5. The topological polar surface area (TPSA) is 86.5 Å². The molecule has 24 heavy (non-hydrogen) atoms. The largest absolute Gasteiger partial charge is 0.494 e. The molecule has 0 saturated heterocycles. The number of hydrogen-bond acceptors (Lipinski definition) is 5. The summed E-state index contributed by atoms with van der Waals surface area (Å²) < 4.78 is 11.0. The Morgan fingerprint density at radius 2 is 1.79 bits per heavy atom. The summed E-state index contributed by atoms with van der Waals surface area (Å²) in [7, 11) is 0. The fourth-order valence-electron chi connectivity index (χ4n) is 1.92. The van der Waals surface area contributed by atoms with Crippen LogP contribution in [-0.4, -0.2) is 24.1 Å². The first-order valence-electron chi connectivity index (χ1n) is 7.54. The molecule has 7 heteroatoms. The molecule has 0 spiro atoms. The van der Waals surface area contributed by atoms with E-state index in [1.54, 1.807) is 12.1 Å². The van der Waals surface area contributed by atoms with E-state index < -0.39 is 0 Å².